The van der Waals surface area contributed by atoms with Gasteiger partial charge < -0.3 is 0 Å². The Morgan fingerprint density at radius 1 is 0.808 bits per heavy atom. The number of nitrogens with zero attached hydrogens (tertiary/aromatic N) is 2. The van der Waals surface area contributed by atoms with E-state index in [1.54, 1.807) is 38.2 Å². The highest BCUT2D eigenvalue weighted by atomic mass is 16.2. The number of allylic oxidation sites excluding steroid dienone is 4. The molecule has 1 rings (SSSR count). The van der Waals surface area contributed by atoms with E-state index in [2.05, 4.69) is 26.3 Å². The molecule has 5 heteroatoms. The van der Waals surface area contributed by atoms with E-state index in [9.17, 15) is 14.4 Å². The van der Waals surface area contributed by atoms with Crippen molar-refractivity contribution < 1.29 is 14.4 Å². The second-order valence-electron chi connectivity index (χ2n) is 7.29. The van der Waals surface area contributed by atoms with Gasteiger partial charge in [0.1, 0.15) is 0 Å². The highest BCUT2D eigenvalue weighted by Gasteiger charge is 2.46. The highest BCUT2D eigenvalue weighted by Crippen LogP contribution is 2.34. The van der Waals surface area contributed by atoms with Crippen molar-refractivity contribution in [3.8, 4) is 0 Å². The van der Waals surface area contributed by atoms with E-state index in [4.69, 9.17) is 0 Å². The molecule has 4 amide bonds. The molecule has 1 aliphatic heterocycles. The van der Waals surface area contributed by atoms with Gasteiger partial charge in [-0.1, -0.05) is 38.2 Å². The topological polar surface area (TPSA) is 57.7 Å². The normalized spacial score (nSPS) is 14.9. The SMILES string of the molecule is C=CCC(C)(CC=C)C(=O)N1CCN(C(=O)C(C)(CC=C)CC=C)C1=O. The van der Waals surface area contributed by atoms with E-state index >= 15 is 0 Å². The van der Waals surface area contributed by atoms with E-state index in [0.717, 1.165) is 0 Å². The summed E-state index contributed by atoms with van der Waals surface area (Å²) in [5, 5.41) is 0. The van der Waals surface area contributed by atoms with Gasteiger partial charge in [0.05, 0.1) is 10.8 Å². The fraction of sp³-hybridized carbons (Fsp3) is 0.476. The Morgan fingerprint density at radius 3 is 1.31 bits per heavy atom. The maximum atomic E-state index is 13.0. The molecule has 5 nitrogen and oxygen atoms in total. The summed E-state index contributed by atoms with van der Waals surface area (Å²) < 4.78 is 0. The van der Waals surface area contributed by atoms with Crippen molar-refractivity contribution in [3.05, 3.63) is 50.6 Å². The van der Waals surface area contributed by atoms with Crippen molar-refractivity contribution >= 4 is 17.8 Å². The standard InChI is InChI=1S/C21H30N2O3/c1-7-11-20(5,12-8-2)17(24)22-15-16-23(19(22)26)18(25)21(6,13-9-3)14-10-4/h7-10H,1-4,11-16H2,5-6H3. The monoisotopic (exact) mass is 358 g/mol. The highest BCUT2D eigenvalue weighted by molar-refractivity contribution is 6.06. The van der Waals surface area contributed by atoms with Gasteiger partial charge in [0, 0.05) is 13.1 Å². The first-order valence-electron chi connectivity index (χ1n) is 8.82. The minimum atomic E-state index is -0.788. The number of rotatable bonds is 10. The summed E-state index contributed by atoms with van der Waals surface area (Å²) >= 11 is 0. The van der Waals surface area contributed by atoms with Gasteiger partial charge in [-0.3, -0.25) is 19.4 Å². The third-order valence-corrected chi connectivity index (χ3v) is 4.91. The summed E-state index contributed by atoms with van der Waals surface area (Å²) in [5.41, 5.74) is -1.58. The average Bonchev–Trinajstić information content (AvgIpc) is 2.95. The van der Waals surface area contributed by atoms with Gasteiger partial charge in [-0.25, -0.2) is 4.79 Å². The zero-order valence-electron chi connectivity index (χ0n) is 16.0. The smallest absolute Gasteiger partial charge is 0.274 e. The molecule has 0 aromatic carbocycles. The third kappa shape index (κ3) is 4.21. The minimum Gasteiger partial charge on any atom is -0.274 e. The van der Waals surface area contributed by atoms with Gasteiger partial charge in [0.2, 0.25) is 11.8 Å². The molecule has 1 aliphatic rings. The van der Waals surface area contributed by atoms with E-state index < -0.39 is 16.9 Å². The maximum absolute atomic E-state index is 13.0. The fourth-order valence-electron chi connectivity index (χ4n) is 3.36. The number of urea groups is 1. The molecule has 0 N–H and O–H groups in total. The van der Waals surface area contributed by atoms with Gasteiger partial charge in [-0.15, -0.1) is 26.3 Å². The minimum absolute atomic E-state index is 0.200. The molecule has 1 heterocycles. The number of hydrogen-bond donors (Lipinski definition) is 0. The molecular formula is C21H30N2O3. The van der Waals surface area contributed by atoms with Crippen LogP contribution in [0.5, 0.6) is 0 Å². The summed E-state index contributed by atoms with van der Waals surface area (Å²) in [6.45, 7) is 18.8. The van der Waals surface area contributed by atoms with E-state index in [1.165, 1.54) is 9.80 Å². The van der Waals surface area contributed by atoms with Crippen molar-refractivity contribution in [2.45, 2.75) is 39.5 Å². The second kappa shape index (κ2) is 8.79. The van der Waals surface area contributed by atoms with Crippen LogP contribution in [0.3, 0.4) is 0 Å². The molecule has 0 bridgehead atoms. The van der Waals surface area contributed by atoms with Gasteiger partial charge in [-0.05, 0) is 25.7 Å². The lowest BCUT2D eigenvalue weighted by Gasteiger charge is -2.31. The van der Waals surface area contributed by atoms with Gasteiger partial charge in [-0.2, -0.15) is 0 Å². The summed E-state index contributed by atoms with van der Waals surface area (Å²) in [6, 6.07) is -0.557. The molecule has 142 valence electrons. The van der Waals surface area contributed by atoms with E-state index in [1.807, 2.05) is 0 Å². The average molecular weight is 358 g/mol. The molecular weight excluding hydrogens is 328 g/mol. The largest absolute Gasteiger partial charge is 0.333 e. The van der Waals surface area contributed by atoms with Gasteiger partial charge in [0.25, 0.3) is 0 Å². The molecule has 0 radical (unpaired) electrons. The molecule has 0 spiro atoms. The van der Waals surface area contributed by atoms with Crippen LogP contribution in [-0.2, 0) is 9.59 Å². The number of amides is 4. The van der Waals surface area contributed by atoms with Crippen molar-refractivity contribution in [2.75, 3.05) is 13.1 Å². The van der Waals surface area contributed by atoms with Crippen LogP contribution in [0.2, 0.25) is 0 Å². The first-order chi connectivity index (χ1) is 12.2. The van der Waals surface area contributed by atoms with Gasteiger partial charge in [0.15, 0.2) is 0 Å². The molecule has 0 aromatic rings. The Labute approximate surface area is 156 Å². The van der Waals surface area contributed by atoms with Crippen molar-refractivity contribution in [2.24, 2.45) is 10.8 Å². The zero-order valence-corrected chi connectivity index (χ0v) is 16.0. The molecule has 0 unspecified atom stereocenters. The van der Waals surface area contributed by atoms with Crippen LogP contribution in [-0.4, -0.2) is 40.7 Å². The van der Waals surface area contributed by atoms with Crippen LogP contribution >= 0.6 is 0 Å². The van der Waals surface area contributed by atoms with E-state index in [0.29, 0.717) is 25.7 Å². The molecule has 1 fully saturated rings. The second-order valence-corrected chi connectivity index (χ2v) is 7.29. The van der Waals surface area contributed by atoms with Crippen molar-refractivity contribution in [1.29, 1.82) is 0 Å². The van der Waals surface area contributed by atoms with Crippen molar-refractivity contribution in [3.63, 3.8) is 0 Å². The first-order valence-corrected chi connectivity index (χ1v) is 8.82. The maximum Gasteiger partial charge on any atom is 0.333 e. The summed E-state index contributed by atoms with van der Waals surface area (Å²) in [4.78, 5) is 41.1. The lowest BCUT2D eigenvalue weighted by molar-refractivity contribution is -0.138. The number of hydrogen-bond acceptors (Lipinski definition) is 3. The molecule has 1 saturated heterocycles. The summed E-state index contributed by atoms with van der Waals surface area (Å²) in [5.74, 6) is -0.599. The van der Waals surface area contributed by atoms with Crippen LogP contribution in [0.1, 0.15) is 39.5 Å². The Kier molecular flexibility index (Phi) is 7.30. The zero-order chi connectivity index (χ0) is 20.0. The Hall–Kier alpha value is -2.43. The van der Waals surface area contributed by atoms with E-state index in [-0.39, 0.29) is 24.9 Å². The number of carbonyl (C=O) groups excluding carboxylic acids is 3. The van der Waals surface area contributed by atoms with Gasteiger partial charge >= 0.3 is 6.03 Å². The van der Waals surface area contributed by atoms with Crippen LogP contribution in [0, 0.1) is 10.8 Å². The molecule has 26 heavy (non-hydrogen) atoms. The molecule has 0 saturated carbocycles. The Bertz CT molecular complexity index is 549. The Morgan fingerprint density at radius 2 is 1.08 bits per heavy atom. The molecule has 0 aromatic heterocycles. The quantitative estimate of drug-likeness (QED) is 0.553. The third-order valence-electron chi connectivity index (χ3n) is 4.91. The van der Waals surface area contributed by atoms with Crippen LogP contribution in [0.25, 0.3) is 0 Å². The summed E-state index contributed by atoms with van der Waals surface area (Å²) in [6.07, 6.45) is 8.37. The Balaban J connectivity index is 3.05. The number of carbonyl (C=O) groups is 3. The predicted octanol–water partition coefficient (Wildman–Crippen LogP) is 4.09. The lowest BCUT2D eigenvalue weighted by Crippen LogP contribution is -2.48. The molecule has 0 aliphatic carbocycles. The van der Waals surface area contributed by atoms with Crippen molar-refractivity contribution in [1.82, 2.24) is 9.80 Å². The predicted molar refractivity (Wildman–Crippen MR) is 104 cm³/mol. The molecule has 0 atom stereocenters. The fourth-order valence-corrected chi connectivity index (χ4v) is 3.36. The van der Waals surface area contributed by atoms with Crippen LogP contribution in [0.15, 0.2) is 50.6 Å². The first kappa shape index (κ1) is 21.6. The van der Waals surface area contributed by atoms with Crippen LogP contribution < -0.4 is 0 Å². The number of imide groups is 2. The lowest BCUT2D eigenvalue weighted by atomic mass is 9.81. The summed E-state index contributed by atoms with van der Waals surface area (Å²) in [7, 11) is 0. The van der Waals surface area contributed by atoms with Crippen LogP contribution in [0.4, 0.5) is 4.79 Å².